The topological polar surface area (TPSA) is 79.8 Å². The van der Waals surface area contributed by atoms with Crippen molar-refractivity contribution < 1.29 is 14.3 Å². The van der Waals surface area contributed by atoms with Crippen LogP contribution in [-0.4, -0.2) is 24.6 Å². The highest BCUT2D eigenvalue weighted by Gasteiger charge is 2.10. The molecule has 0 bridgehead atoms. The van der Waals surface area contributed by atoms with Gasteiger partial charge in [-0.25, -0.2) is 5.43 Å². The van der Waals surface area contributed by atoms with E-state index in [-0.39, 0.29) is 6.61 Å². The van der Waals surface area contributed by atoms with Gasteiger partial charge in [0.05, 0.1) is 6.21 Å². The molecule has 2 amide bonds. The fourth-order valence-corrected chi connectivity index (χ4v) is 2.48. The first-order valence-electron chi connectivity index (χ1n) is 8.27. The van der Waals surface area contributed by atoms with Crippen molar-refractivity contribution in [3.05, 3.63) is 63.6 Å². The molecule has 0 fully saturated rings. The molecule has 0 aliphatic heterocycles. The maximum atomic E-state index is 11.5. The van der Waals surface area contributed by atoms with Gasteiger partial charge < -0.3 is 10.1 Å². The molecular formula is C19H19Cl2N3O3. The molecular weight excluding hydrogens is 389 g/mol. The van der Waals surface area contributed by atoms with Gasteiger partial charge in [-0.15, -0.1) is 0 Å². The van der Waals surface area contributed by atoms with Crippen molar-refractivity contribution in [3.8, 4) is 5.75 Å². The molecule has 0 saturated carbocycles. The van der Waals surface area contributed by atoms with Gasteiger partial charge in [0.25, 0.3) is 0 Å². The Hall–Kier alpha value is -2.57. The molecule has 0 unspecified atom stereocenters. The molecule has 0 radical (unpaired) electrons. The van der Waals surface area contributed by atoms with Crippen molar-refractivity contribution in [3.63, 3.8) is 0 Å². The third-order valence-corrected chi connectivity index (χ3v) is 3.98. The summed E-state index contributed by atoms with van der Waals surface area (Å²) in [7, 11) is 0. The summed E-state index contributed by atoms with van der Waals surface area (Å²) in [4.78, 5) is 23.0. The van der Waals surface area contributed by atoms with Gasteiger partial charge in [-0.1, -0.05) is 48.3 Å². The highest BCUT2D eigenvalue weighted by Crippen LogP contribution is 2.22. The molecule has 0 atom stereocenters. The van der Waals surface area contributed by atoms with Crippen LogP contribution in [-0.2, 0) is 16.2 Å². The molecule has 6 nitrogen and oxygen atoms in total. The Morgan fingerprint density at radius 2 is 1.96 bits per heavy atom. The predicted molar refractivity (Wildman–Crippen MR) is 106 cm³/mol. The quantitative estimate of drug-likeness (QED) is 0.418. The van der Waals surface area contributed by atoms with Crippen LogP contribution in [0.3, 0.4) is 0 Å². The van der Waals surface area contributed by atoms with Crippen LogP contribution in [0.25, 0.3) is 0 Å². The monoisotopic (exact) mass is 407 g/mol. The average molecular weight is 408 g/mol. The number of hydrogen-bond donors (Lipinski definition) is 2. The summed E-state index contributed by atoms with van der Waals surface area (Å²) in [5.41, 5.74) is 3.69. The molecule has 142 valence electrons. The average Bonchev–Trinajstić information content (AvgIpc) is 2.65. The van der Waals surface area contributed by atoms with Crippen molar-refractivity contribution in [2.45, 2.75) is 20.0 Å². The van der Waals surface area contributed by atoms with E-state index >= 15 is 0 Å². The minimum atomic E-state index is -0.815. The lowest BCUT2D eigenvalue weighted by Gasteiger charge is -2.08. The SMILES string of the molecule is CCCNC(=O)C(=O)N/N=C\c1cccc(OCc2ccc(Cl)cc2Cl)c1. The van der Waals surface area contributed by atoms with Crippen LogP contribution in [0.5, 0.6) is 5.75 Å². The fourth-order valence-electron chi connectivity index (χ4n) is 2.02. The van der Waals surface area contributed by atoms with Crippen molar-refractivity contribution in [2.75, 3.05) is 6.54 Å². The van der Waals surface area contributed by atoms with E-state index < -0.39 is 11.8 Å². The van der Waals surface area contributed by atoms with Crippen LogP contribution in [0, 0.1) is 0 Å². The van der Waals surface area contributed by atoms with Gasteiger partial charge in [0, 0.05) is 22.2 Å². The lowest BCUT2D eigenvalue weighted by molar-refractivity contribution is -0.139. The second-order valence-corrected chi connectivity index (χ2v) is 6.40. The van der Waals surface area contributed by atoms with E-state index in [1.807, 2.05) is 6.92 Å². The Kier molecular flexibility index (Phi) is 8.10. The zero-order valence-electron chi connectivity index (χ0n) is 14.7. The van der Waals surface area contributed by atoms with E-state index in [1.165, 1.54) is 6.21 Å². The van der Waals surface area contributed by atoms with Crippen LogP contribution in [0.2, 0.25) is 10.0 Å². The van der Waals surface area contributed by atoms with Crippen molar-refractivity contribution in [1.29, 1.82) is 0 Å². The molecule has 27 heavy (non-hydrogen) atoms. The minimum Gasteiger partial charge on any atom is -0.489 e. The van der Waals surface area contributed by atoms with E-state index in [2.05, 4.69) is 15.8 Å². The highest BCUT2D eigenvalue weighted by atomic mass is 35.5. The van der Waals surface area contributed by atoms with Crippen LogP contribution in [0.1, 0.15) is 24.5 Å². The second-order valence-electron chi connectivity index (χ2n) is 5.55. The third kappa shape index (κ3) is 6.92. The zero-order chi connectivity index (χ0) is 19.6. The Morgan fingerprint density at radius 3 is 2.70 bits per heavy atom. The molecule has 8 heteroatoms. The summed E-state index contributed by atoms with van der Waals surface area (Å²) in [5, 5.41) is 7.34. The van der Waals surface area contributed by atoms with Crippen LogP contribution >= 0.6 is 23.2 Å². The van der Waals surface area contributed by atoms with Crippen LogP contribution in [0.4, 0.5) is 0 Å². The van der Waals surface area contributed by atoms with Gasteiger partial charge in [-0.3, -0.25) is 9.59 Å². The van der Waals surface area contributed by atoms with E-state index in [0.29, 0.717) is 27.9 Å². The van der Waals surface area contributed by atoms with Crippen molar-refractivity contribution in [1.82, 2.24) is 10.7 Å². The van der Waals surface area contributed by atoms with E-state index in [9.17, 15) is 9.59 Å². The van der Waals surface area contributed by atoms with Gasteiger partial charge in [-0.2, -0.15) is 5.10 Å². The largest absolute Gasteiger partial charge is 0.489 e. The minimum absolute atomic E-state index is 0.283. The van der Waals surface area contributed by atoms with Crippen molar-refractivity contribution in [2.24, 2.45) is 5.10 Å². The predicted octanol–water partition coefficient (Wildman–Crippen LogP) is 3.55. The number of carbonyl (C=O) groups excluding carboxylic acids is 2. The Morgan fingerprint density at radius 1 is 1.15 bits per heavy atom. The number of rotatable bonds is 7. The molecule has 2 aromatic rings. The summed E-state index contributed by atoms with van der Waals surface area (Å²) in [6.45, 7) is 2.62. The first-order valence-corrected chi connectivity index (χ1v) is 9.03. The maximum absolute atomic E-state index is 11.5. The molecule has 2 rings (SSSR count). The number of ether oxygens (including phenoxy) is 1. The van der Waals surface area contributed by atoms with E-state index in [0.717, 1.165) is 12.0 Å². The Labute approximate surface area is 167 Å². The molecule has 0 spiro atoms. The second kappa shape index (κ2) is 10.5. The summed E-state index contributed by atoms with van der Waals surface area (Å²) in [6, 6.07) is 12.3. The van der Waals surface area contributed by atoms with E-state index in [4.69, 9.17) is 27.9 Å². The molecule has 0 heterocycles. The number of hydrogen-bond acceptors (Lipinski definition) is 4. The normalized spacial score (nSPS) is 10.6. The number of benzene rings is 2. The number of halogens is 2. The van der Waals surface area contributed by atoms with Gasteiger partial charge in [-0.05, 0) is 36.2 Å². The van der Waals surface area contributed by atoms with Crippen molar-refractivity contribution >= 4 is 41.2 Å². The number of amides is 2. The summed E-state index contributed by atoms with van der Waals surface area (Å²) >= 11 is 12.0. The van der Waals surface area contributed by atoms with Crippen LogP contribution < -0.4 is 15.5 Å². The number of carbonyl (C=O) groups is 2. The number of nitrogens with one attached hydrogen (secondary N) is 2. The summed E-state index contributed by atoms with van der Waals surface area (Å²) in [6.07, 6.45) is 2.17. The zero-order valence-corrected chi connectivity index (χ0v) is 16.2. The van der Waals surface area contributed by atoms with Gasteiger partial charge >= 0.3 is 11.8 Å². The molecule has 0 aromatic heterocycles. The number of nitrogens with zero attached hydrogens (tertiary/aromatic N) is 1. The molecule has 2 N–H and O–H groups in total. The highest BCUT2D eigenvalue weighted by molar-refractivity contribution is 6.35. The smallest absolute Gasteiger partial charge is 0.329 e. The number of hydrazone groups is 1. The van der Waals surface area contributed by atoms with Crippen LogP contribution in [0.15, 0.2) is 47.6 Å². The van der Waals surface area contributed by atoms with Gasteiger partial charge in [0.15, 0.2) is 0 Å². The van der Waals surface area contributed by atoms with E-state index in [1.54, 1.807) is 42.5 Å². The molecule has 0 aliphatic rings. The molecule has 0 saturated heterocycles. The standard InChI is InChI=1S/C19H19Cl2N3O3/c1-2-8-22-18(25)19(26)24-23-11-13-4-3-5-16(9-13)27-12-14-6-7-15(20)10-17(14)21/h3-7,9-11H,2,8,12H2,1H3,(H,22,25)(H,24,26)/b23-11-. The lowest BCUT2D eigenvalue weighted by Crippen LogP contribution is -2.38. The first kappa shape index (κ1) is 20.7. The molecule has 2 aromatic carbocycles. The molecule has 0 aliphatic carbocycles. The summed E-state index contributed by atoms with van der Waals surface area (Å²) in [5.74, 6) is -0.924. The fraction of sp³-hybridized carbons (Fsp3) is 0.211. The Balaban J connectivity index is 1.91. The Bertz CT molecular complexity index is 841. The van der Waals surface area contributed by atoms with Gasteiger partial charge in [0.1, 0.15) is 12.4 Å². The lowest BCUT2D eigenvalue weighted by atomic mass is 10.2. The first-order chi connectivity index (χ1) is 13.0. The third-order valence-electron chi connectivity index (χ3n) is 3.39. The maximum Gasteiger partial charge on any atom is 0.329 e. The van der Waals surface area contributed by atoms with Gasteiger partial charge in [0.2, 0.25) is 0 Å². The summed E-state index contributed by atoms with van der Waals surface area (Å²) < 4.78 is 5.72.